The number of carbonyl (C=O) groups excluding carboxylic acids is 4. The number of imide groups is 1. The predicted octanol–water partition coefficient (Wildman–Crippen LogP) is 4.43. The number of anilines is 2. The lowest BCUT2D eigenvalue weighted by atomic mass is 10.1. The van der Waals surface area contributed by atoms with Crippen LogP contribution in [0.2, 0.25) is 0 Å². The fourth-order valence-corrected chi connectivity index (χ4v) is 3.49. The molecule has 0 fully saturated rings. The Bertz CT molecular complexity index is 1190. The van der Waals surface area contributed by atoms with Crippen LogP contribution in [0.25, 0.3) is 0 Å². The van der Waals surface area contributed by atoms with E-state index in [1.54, 1.807) is 48.5 Å². The Hall–Kier alpha value is -3.78. The molecule has 160 valence electrons. The molecule has 1 aliphatic rings. The molecular weight excluding hydrogens is 476 g/mol. The van der Waals surface area contributed by atoms with Crippen LogP contribution in [-0.2, 0) is 9.53 Å². The van der Waals surface area contributed by atoms with Crippen molar-refractivity contribution < 1.29 is 23.9 Å². The van der Waals surface area contributed by atoms with Gasteiger partial charge < -0.3 is 10.1 Å². The molecule has 3 amide bonds. The molecule has 4 rings (SSSR count). The van der Waals surface area contributed by atoms with Crippen molar-refractivity contribution in [2.24, 2.45) is 0 Å². The van der Waals surface area contributed by atoms with Crippen LogP contribution in [0.15, 0.2) is 77.3 Å². The van der Waals surface area contributed by atoms with E-state index in [2.05, 4.69) is 21.2 Å². The molecule has 32 heavy (non-hydrogen) atoms. The minimum absolute atomic E-state index is 0.189. The van der Waals surface area contributed by atoms with Gasteiger partial charge in [0, 0.05) is 10.2 Å². The maximum atomic E-state index is 12.6. The maximum Gasteiger partial charge on any atom is 0.338 e. The number of hydrogen-bond acceptors (Lipinski definition) is 5. The molecular formula is C24H17BrN2O5. The van der Waals surface area contributed by atoms with E-state index in [0.29, 0.717) is 22.5 Å². The summed E-state index contributed by atoms with van der Waals surface area (Å²) in [4.78, 5) is 51.0. The van der Waals surface area contributed by atoms with E-state index < -0.39 is 29.8 Å². The molecule has 1 N–H and O–H groups in total. The Morgan fingerprint density at radius 2 is 1.44 bits per heavy atom. The highest BCUT2D eigenvalue weighted by atomic mass is 79.9. The summed E-state index contributed by atoms with van der Waals surface area (Å²) in [5.74, 6) is -2.00. The van der Waals surface area contributed by atoms with Gasteiger partial charge in [-0.2, -0.15) is 0 Å². The highest BCUT2D eigenvalue weighted by Crippen LogP contribution is 2.28. The first-order valence-corrected chi connectivity index (χ1v) is 10.5. The van der Waals surface area contributed by atoms with Crippen LogP contribution >= 0.6 is 15.9 Å². The van der Waals surface area contributed by atoms with E-state index in [0.717, 1.165) is 9.37 Å². The van der Waals surface area contributed by atoms with Crippen molar-refractivity contribution in [2.75, 3.05) is 10.2 Å². The second-order valence-electron chi connectivity index (χ2n) is 7.08. The molecule has 0 radical (unpaired) electrons. The molecule has 0 aromatic heterocycles. The molecule has 3 aromatic carbocycles. The Labute approximate surface area is 192 Å². The van der Waals surface area contributed by atoms with Crippen LogP contribution in [0.4, 0.5) is 11.4 Å². The average molecular weight is 493 g/mol. The van der Waals surface area contributed by atoms with Crippen molar-refractivity contribution in [2.45, 2.75) is 13.0 Å². The highest BCUT2D eigenvalue weighted by molar-refractivity contribution is 9.10. The number of carbonyl (C=O) groups is 4. The van der Waals surface area contributed by atoms with Gasteiger partial charge in [0.1, 0.15) is 0 Å². The smallest absolute Gasteiger partial charge is 0.338 e. The minimum atomic E-state index is -1.03. The van der Waals surface area contributed by atoms with Gasteiger partial charge in [-0.15, -0.1) is 0 Å². The largest absolute Gasteiger partial charge is 0.449 e. The summed E-state index contributed by atoms with van der Waals surface area (Å²) in [5.41, 5.74) is 1.78. The number of nitrogens with zero attached hydrogens (tertiary/aromatic N) is 1. The molecule has 1 atom stereocenters. The topological polar surface area (TPSA) is 92.8 Å². The van der Waals surface area contributed by atoms with E-state index in [1.165, 1.54) is 31.2 Å². The van der Waals surface area contributed by atoms with Gasteiger partial charge in [-0.1, -0.05) is 28.1 Å². The van der Waals surface area contributed by atoms with Crippen molar-refractivity contribution in [3.8, 4) is 0 Å². The fraction of sp³-hybridized carbons (Fsp3) is 0.0833. The number of halogens is 1. The number of fused-ring (bicyclic) bond motifs is 1. The van der Waals surface area contributed by atoms with Gasteiger partial charge in [0.05, 0.1) is 22.4 Å². The van der Waals surface area contributed by atoms with E-state index >= 15 is 0 Å². The third-order valence-electron chi connectivity index (χ3n) is 4.92. The van der Waals surface area contributed by atoms with Crippen molar-refractivity contribution in [1.29, 1.82) is 0 Å². The summed E-state index contributed by atoms with van der Waals surface area (Å²) in [6.45, 7) is 1.47. The van der Waals surface area contributed by atoms with Crippen LogP contribution in [0.3, 0.4) is 0 Å². The first-order chi connectivity index (χ1) is 15.3. The van der Waals surface area contributed by atoms with E-state index in [4.69, 9.17) is 4.74 Å². The summed E-state index contributed by atoms with van der Waals surface area (Å²) in [6.07, 6.45) is -1.03. The number of ether oxygens (including phenoxy) is 1. The number of esters is 1. The Morgan fingerprint density at radius 1 is 0.875 bits per heavy atom. The lowest BCUT2D eigenvalue weighted by Gasteiger charge is -2.15. The van der Waals surface area contributed by atoms with Crippen LogP contribution in [0.5, 0.6) is 0 Å². The minimum Gasteiger partial charge on any atom is -0.449 e. The zero-order chi connectivity index (χ0) is 22.8. The van der Waals surface area contributed by atoms with Gasteiger partial charge in [0.15, 0.2) is 6.10 Å². The lowest BCUT2D eigenvalue weighted by Crippen LogP contribution is -2.30. The highest BCUT2D eigenvalue weighted by Gasteiger charge is 2.36. The van der Waals surface area contributed by atoms with Crippen molar-refractivity contribution in [1.82, 2.24) is 0 Å². The number of rotatable bonds is 5. The maximum absolute atomic E-state index is 12.6. The third kappa shape index (κ3) is 4.17. The summed E-state index contributed by atoms with van der Waals surface area (Å²) in [6, 6.07) is 19.5. The molecule has 1 aliphatic heterocycles. The van der Waals surface area contributed by atoms with Crippen molar-refractivity contribution >= 4 is 51.0 Å². The first kappa shape index (κ1) is 21.5. The second-order valence-corrected chi connectivity index (χ2v) is 8.00. The third-order valence-corrected chi connectivity index (χ3v) is 5.45. The van der Waals surface area contributed by atoms with Crippen LogP contribution in [0, 0.1) is 0 Å². The molecule has 0 spiro atoms. The van der Waals surface area contributed by atoms with Gasteiger partial charge in [-0.25, -0.2) is 9.69 Å². The fourth-order valence-electron chi connectivity index (χ4n) is 3.23. The Balaban J connectivity index is 1.41. The number of nitrogens with one attached hydrogen (secondary N) is 1. The second kappa shape index (κ2) is 8.76. The zero-order valence-corrected chi connectivity index (χ0v) is 18.5. The molecule has 1 unspecified atom stereocenters. The van der Waals surface area contributed by atoms with Crippen molar-refractivity contribution in [3.05, 3.63) is 94.0 Å². The van der Waals surface area contributed by atoms with Gasteiger partial charge in [0.25, 0.3) is 17.7 Å². The van der Waals surface area contributed by atoms with E-state index in [-0.39, 0.29) is 5.56 Å². The summed E-state index contributed by atoms with van der Waals surface area (Å²) in [7, 11) is 0. The zero-order valence-electron chi connectivity index (χ0n) is 16.9. The SMILES string of the molecule is CC(OC(=O)c1ccc(N2C(=O)c3ccccc3C2=O)cc1)C(=O)Nc1ccc(Br)cc1. The average Bonchev–Trinajstić information content (AvgIpc) is 3.05. The van der Waals surface area contributed by atoms with Gasteiger partial charge in [-0.3, -0.25) is 14.4 Å². The Kier molecular flexibility index (Phi) is 5.87. The molecule has 3 aromatic rings. The molecule has 0 saturated carbocycles. The Morgan fingerprint density at radius 3 is 2.00 bits per heavy atom. The van der Waals surface area contributed by atoms with E-state index in [9.17, 15) is 19.2 Å². The number of benzene rings is 3. The molecule has 0 bridgehead atoms. The predicted molar refractivity (Wildman–Crippen MR) is 122 cm³/mol. The van der Waals surface area contributed by atoms with Gasteiger partial charge in [0.2, 0.25) is 0 Å². The molecule has 7 nitrogen and oxygen atoms in total. The lowest BCUT2D eigenvalue weighted by molar-refractivity contribution is -0.123. The van der Waals surface area contributed by atoms with Gasteiger partial charge in [-0.05, 0) is 67.6 Å². The first-order valence-electron chi connectivity index (χ1n) is 9.70. The van der Waals surface area contributed by atoms with E-state index in [1.807, 2.05) is 0 Å². The molecule has 0 saturated heterocycles. The molecule has 1 heterocycles. The van der Waals surface area contributed by atoms with Crippen molar-refractivity contribution in [3.63, 3.8) is 0 Å². The summed E-state index contributed by atoms with van der Waals surface area (Å²) < 4.78 is 6.12. The number of hydrogen-bond donors (Lipinski definition) is 1. The molecule has 8 heteroatoms. The van der Waals surface area contributed by atoms with Crippen LogP contribution in [-0.4, -0.2) is 29.8 Å². The normalized spacial score (nSPS) is 13.5. The standard InChI is InChI=1S/C24H17BrN2O5/c1-14(21(28)26-17-10-8-16(25)9-11-17)32-24(31)15-6-12-18(13-7-15)27-22(29)19-4-2-3-5-20(19)23(27)30/h2-14H,1H3,(H,26,28). The summed E-state index contributed by atoms with van der Waals surface area (Å²) >= 11 is 3.32. The van der Waals surface area contributed by atoms with Gasteiger partial charge >= 0.3 is 5.97 Å². The van der Waals surface area contributed by atoms with Crippen LogP contribution < -0.4 is 10.2 Å². The number of amides is 3. The molecule has 0 aliphatic carbocycles. The summed E-state index contributed by atoms with van der Waals surface area (Å²) in [5, 5.41) is 2.67. The monoisotopic (exact) mass is 492 g/mol. The quantitative estimate of drug-likeness (QED) is 0.419. The van der Waals surface area contributed by atoms with Crippen LogP contribution in [0.1, 0.15) is 38.0 Å².